The third-order valence-electron chi connectivity index (χ3n) is 4.38. The summed E-state index contributed by atoms with van der Waals surface area (Å²) in [4.78, 5) is 28.2. The highest BCUT2D eigenvalue weighted by Gasteiger charge is 2.24. The molecule has 3 rings (SSSR count). The minimum absolute atomic E-state index is 0.0479. The first-order valence-electron chi connectivity index (χ1n) is 9.84. The lowest BCUT2D eigenvalue weighted by Gasteiger charge is -2.12. The minimum atomic E-state index is -0.929. The van der Waals surface area contributed by atoms with Crippen molar-refractivity contribution in [3.05, 3.63) is 58.0 Å². The number of ether oxygens (including phenoxy) is 2. The molecular formula is C23H24N2O5S. The highest BCUT2D eigenvalue weighted by atomic mass is 32.2. The Morgan fingerprint density at radius 3 is 2.71 bits per heavy atom. The molecule has 7 nitrogen and oxygen atoms in total. The first-order valence-corrected chi connectivity index (χ1v) is 10.7. The van der Waals surface area contributed by atoms with E-state index in [9.17, 15) is 9.59 Å². The standard InChI is InChI=1S/C23H24N2O5S/c1-4-29-19-12-16(7-8-18(19)30-10-9-21(26)27)13-20-22(28)25-23(31-20)24-17-11-14(2)5-6-15(17)3/h5-8,11-13H,4,9-10H2,1-3H3,(H,26,27)(H,24,25,28)/b20-13+. The summed E-state index contributed by atoms with van der Waals surface area (Å²) in [6.07, 6.45) is 1.66. The van der Waals surface area contributed by atoms with Crippen LogP contribution in [0.15, 0.2) is 46.3 Å². The molecule has 0 aromatic heterocycles. The van der Waals surface area contributed by atoms with Crippen molar-refractivity contribution in [2.45, 2.75) is 27.2 Å². The maximum Gasteiger partial charge on any atom is 0.306 e. The molecule has 2 N–H and O–H groups in total. The van der Waals surface area contributed by atoms with E-state index in [2.05, 4.69) is 10.3 Å². The molecule has 1 saturated heterocycles. The number of nitrogens with one attached hydrogen (secondary N) is 1. The zero-order valence-corrected chi connectivity index (χ0v) is 18.4. The first-order chi connectivity index (χ1) is 14.9. The van der Waals surface area contributed by atoms with Crippen LogP contribution in [-0.2, 0) is 9.59 Å². The lowest BCUT2D eigenvalue weighted by molar-refractivity contribution is -0.137. The molecule has 1 amide bonds. The molecule has 0 spiro atoms. The van der Waals surface area contributed by atoms with E-state index in [4.69, 9.17) is 14.6 Å². The quantitative estimate of drug-likeness (QED) is 0.589. The molecule has 31 heavy (non-hydrogen) atoms. The van der Waals surface area contributed by atoms with Crippen LogP contribution in [0.1, 0.15) is 30.0 Å². The lowest BCUT2D eigenvalue weighted by Crippen LogP contribution is -2.19. The summed E-state index contributed by atoms with van der Waals surface area (Å²) < 4.78 is 11.1. The fraction of sp³-hybridized carbons (Fsp3) is 0.261. The number of aliphatic imine (C=N–C) groups is 1. The number of thioether (sulfide) groups is 1. The number of aliphatic carboxylic acids is 1. The second-order valence-corrected chi connectivity index (χ2v) is 7.93. The van der Waals surface area contributed by atoms with Crippen molar-refractivity contribution in [3.63, 3.8) is 0 Å². The molecule has 0 atom stereocenters. The molecule has 1 aliphatic rings. The summed E-state index contributed by atoms with van der Waals surface area (Å²) in [5.41, 5.74) is 3.72. The number of hydrogen-bond donors (Lipinski definition) is 2. The van der Waals surface area contributed by atoms with Crippen molar-refractivity contribution in [2.75, 3.05) is 13.2 Å². The summed E-state index contributed by atoms with van der Waals surface area (Å²) in [6, 6.07) is 11.3. The van der Waals surface area contributed by atoms with Gasteiger partial charge in [0.25, 0.3) is 5.91 Å². The van der Waals surface area contributed by atoms with E-state index in [-0.39, 0.29) is 18.9 Å². The third-order valence-corrected chi connectivity index (χ3v) is 5.29. The minimum Gasteiger partial charge on any atom is -0.490 e. The van der Waals surface area contributed by atoms with Gasteiger partial charge in [-0.25, -0.2) is 4.99 Å². The molecule has 0 radical (unpaired) electrons. The Morgan fingerprint density at radius 1 is 1.16 bits per heavy atom. The number of benzene rings is 2. The molecule has 2 aromatic carbocycles. The Hall–Kier alpha value is -3.26. The lowest BCUT2D eigenvalue weighted by atomic mass is 10.1. The Morgan fingerprint density at radius 2 is 1.97 bits per heavy atom. The normalized spacial score (nSPS) is 15.9. The number of aryl methyl sites for hydroxylation is 2. The van der Waals surface area contributed by atoms with Crippen LogP contribution < -0.4 is 14.8 Å². The number of amidine groups is 1. The second-order valence-electron chi connectivity index (χ2n) is 6.90. The largest absolute Gasteiger partial charge is 0.490 e. The van der Waals surface area contributed by atoms with Crippen molar-refractivity contribution < 1.29 is 24.2 Å². The number of carbonyl (C=O) groups excluding carboxylic acids is 1. The Balaban J connectivity index is 1.79. The number of hydrogen-bond acceptors (Lipinski definition) is 6. The molecule has 1 fully saturated rings. The van der Waals surface area contributed by atoms with Crippen LogP contribution in [0, 0.1) is 13.8 Å². The maximum absolute atomic E-state index is 12.4. The van der Waals surface area contributed by atoms with Gasteiger partial charge in [0.1, 0.15) is 0 Å². The van der Waals surface area contributed by atoms with Gasteiger partial charge in [0.05, 0.1) is 30.2 Å². The second kappa shape index (κ2) is 10.2. The summed E-state index contributed by atoms with van der Waals surface area (Å²) in [6.45, 7) is 6.30. The van der Waals surface area contributed by atoms with Gasteiger partial charge in [-0.15, -0.1) is 0 Å². The van der Waals surface area contributed by atoms with Crippen molar-refractivity contribution in [2.24, 2.45) is 4.99 Å². The van der Waals surface area contributed by atoms with Gasteiger partial charge in [-0.05, 0) is 73.5 Å². The molecule has 0 saturated carbocycles. The summed E-state index contributed by atoms with van der Waals surface area (Å²) in [5.74, 6) is -0.184. The predicted molar refractivity (Wildman–Crippen MR) is 122 cm³/mol. The maximum atomic E-state index is 12.4. The van der Waals surface area contributed by atoms with Gasteiger partial charge in [-0.3, -0.25) is 9.59 Å². The summed E-state index contributed by atoms with van der Waals surface area (Å²) in [5, 5.41) is 12.1. The topological polar surface area (TPSA) is 97.2 Å². The zero-order chi connectivity index (χ0) is 22.4. The van der Waals surface area contributed by atoms with Crippen LogP contribution in [0.5, 0.6) is 11.5 Å². The highest BCUT2D eigenvalue weighted by Crippen LogP contribution is 2.33. The number of rotatable bonds is 8. The smallest absolute Gasteiger partial charge is 0.306 e. The van der Waals surface area contributed by atoms with Crippen LogP contribution in [0.25, 0.3) is 6.08 Å². The fourth-order valence-corrected chi connectivity index (χ4v) is 3.67. The van der Waals surface area contributed by atoms with Crippen LogP contribution >= 0.6 is 11.8 Å². The predicted octanol–water partition coefficient (Wildman–Crippen LogP) is 4.45. The molecule has 0 aliphatic carbocycles. The number of amides is 1. The number of carboxylic acids is 1. The van der Waals surface area contributed by atoms with Crippen molar-refractivity contribution >= 4 is 40.6 Å². The van der Waals surface area contributed by atoms with Gasteiger partial charge in [0.2, 0.25) is 0 Å². The van der Waals surface area contributed by atoms with E-state index >= 15 is 0 Å². The molecule has 0 bridgehead atoms. The molecule has 1 heterocycles. The van der Waals surface area contributed by atoms with Gasteiger partial charge in [0.15, 0.2) is 16.7 Å². The van der Waals surface area contributed by atoms with E-state index in [1.807, 2.05) is 39.0 Å². The molecule has 162 valence electrons. The molecule has 0 unspecified atom stereocenters. The Labute approximate surface area is 185 Å². The zero-order valence-electron chi connectivity index (χ0n) is 17.6. The monoisotopic (exact) mass is 440 g/mol. The van der Waals surface area contributed by atoms with E-state index in [0.717, 1.165) is 22.4 Å². The Bertz CT molecular complexity index is 1060. The summed E-state index contributed by atoms with van der Waals surface area (Å²) >= 11 is 1.28. The van der Waals surface area contributed by atoms with E-state index in [0.29, 0.717) is 28.2 Å². The third kappa shape index (κ3) is 6.11. The van der Waals surface area contributed by atoms with Crippen molar-refractivity contribution in [1.82, 2.24) is 5.32 Å². The van der Waals surface area contributed by atoms with Gasteiger partial charge < -0.3 is 19.9 Å². The average molecular weight is 441 g/mol. The van der Waals surface area contributed by atoms with Gasteiger partial charge in [-0.2, -0.15) is 0 Å². The number of carbonyl (C=O) groups is 2. The number of carboxylic acid groups (broad SMARTS) is 1. The highest BCUT2D eigenvalue weighted by molar-refractivity contribution is 8.18. The molecule has 8 heteroatoms. The van der Waals surface area contributed by atoms with Crippen LogP contribution in [0.3, 0.4) is 0 Å². The summed E-state index contributed by atoms with van der Waals surface area (Å²) in [7, 11) is 0. The van der Waals surface area contributed by atoms with Crippen molar-refractivity contribution in [1.29, 1.82) is 0 Å². The first kappa shape index (κ1) is 22.4. The molecule has 2 aromatic rings. The van der Waals surface area contributed by atoms with Gasteiger partial charge >= 0.3 is 5.97 Å². The SMILES string of the molecule is CCOc1cc(/C=C2/SC(=Nc3cc(C)ccc3C)NC2=O)ccc1OCCC(=O)O. The van der Waals surface area contributed by atoms with Crippen LogP contribution in [0.2, 0.25) is 0 Å². The fourth-order valence-electron chi connectivity index (χ4n) is 2.83. The molecule has 1 aliphatic heterocycles. The van der Waals surface area contributed by atoms with E-state index in [1.165, 1.54) is 11.8 Å². The van der Waals surface area contributed by atoms with E-state index < -0.39 is 5.97 Å². The number of nitrogens with zero attached hydrogens (tertiary/aromatic N) is 1. The van der Waals surface area contributed by atoms with Crippen molar-refractivity contribution in [3.8, 4) is 11.5 Å². The van der Waals surface area contributed by atoms with Gasteiger partial charge in [0, 0.05) is 0 Å². The van der Waals surface area contributed by atoms with Gasteiger partial charge in [-0.1, -0.05) is 18.2 Å². The van der Waals surface area contributed by atoms with Crippen LogP contribution in [-0.4, -0.2) is 35.4 Å². The van der Waals surface area contributed by atoms with E-state index in [1.54, 1.807) is 24.3 Å². The average Bonchev–Trinajstić information content (AvgIpc) is 3.05. The van der Waals surface area contributed by atoms with Crippen LogP contribution in [0.4, 0.5) is 5.69 Å². The molecular weight excluding hydrogens is 416 g/mol. The Kier molecular flexibility index (Phi) is 7.36.